The van der Waals surface area contributed by atoms with Crippen LogP contribution < -0.4 is 0 Å². The van der Waals surface area contributed by atoms with Gasteiger partial charge in [-0.25, -0.2) is 9.83 Å². The third-order valence-corrected chi connectivity index (χ3v) is 2.93. The van der Waals surface area contributed by atoms with Crippen LogP contribution in [0.15, 0.2) is 67.0 Å². The number of benzene rings is 2. The molecule has 0 atom stereocenters. The van der Waals surface area contributed by atoms with Crippen molar-refractivity contribution in [1.82, 2.24) is 9.55 Å². The van der Waals surface area contributed by atoms with E-state index in [0.717, 1.165) is 17.1 Å². The van der Waals surface area contributed by atoms with E-state index in [1.807, 2.05) is 65.4 Å². The first-order chi connectivity index (χ1) is 9.38. The normalized spacial score (nSPS) is 10.1. The van der Waals surface area contributed by atoms with E-state index in [9.17, 15) is 0 Å². The van der Waals surface area contributed by atoms with E-state index in [4.69, 9.17) is 6.57 Å². The molecule has 1 heterocycles. The van der Waals surface area contributed by atoms with Gasteiger partial charge in [-0.15, -0.1) is 0 Å². The first-order valence-corrected chi connectivity index (χ1v) is 5.95. The van der Waals surface area contributed by atoms with E-state index in [1.165, 1.54) is 0 Å². The van der Waals surface area contributed by atoms with Gasteiger partial charge in [0.25, 0.3) is 0 Å². The third kappa shape index (κ3) is 2.12. The number of aromatic nitrogens is 2. The molecule has 0 amide bonds. The van der Waals surface area contributed by atoms with Gasteiger partial charge in [0.15, 0.2) is 5.69 Å². The summed E-state index contributed by atoms with van der Waals surface area (Å²) in [5.74, 6) is 0.878. The van der Waals surface area contributed by atoms with Crippen molar-refractivity contribution in [3.05, 3.63) is 78.4 Å². The summed E-state index contributed by atoms with van der Waals surface area (Å²) < 4.78 is 2.03. The largest absolute Gasteiger partial charge is 0.300 e. The summed E-state index contributed by atoms with van der Waals surface area (Å²) in [6, 6.07) is 17.5. The van der Waals surface area contributed by atoms with Crippen LogP contribution in [-0.2, 0) is 0 Å². The zero-order chi connectivity index (χ0) is 13.1. The van der Waals surface area contributed by atoms with Crippen LogP contribution in [0, 0.1) is 6.57 Å². The van der Waals surface area contributed by atoms with E-state index in [1.54, 1.807) is 6.20 Å². The summed E-state index contributed by atoms with van der Waals surface area (Å²) in [6.07, 6.45) is 3.72. The van der Waals surface area contributed by atoms with Crippen LogP contribution in [0.25, 0.3) is 21.9 Å². The highest BCUT2D eigenvalue weighted by molar-refractivity contribution is 5.62. The highest BCUT2D eigenvalue weighted by Crippen LogP contribution is 2.23. The van der Waals surface area contributed by atoms with Gasteiger partial charge in [0.1, 0.15) is 5.82 Å². The topological polar surface area (TPSA) is 22.2 Å². The Hall–Kier alpha value is -2.86. The zero-order valence-electron chi connectivity index (χ0n) is 10.2. The summed E-state index contributed by atoms with van der Waals surface area (Å²) in [5.41, 5.74) is 2.71. The second-order valence-corrected chi connectivity index (χ2v) is 4.12. The fourth-order valence-electron chi connectivity index (χ4n) is 2.00. The standard InChI is InChI=1S/C16H11N3/c1-17-14-9-7-13(8-10-14)16-18-11-12-19(16)15-5-3-2-4-6-15/h2-12H. The summed E-state index contributed by atoms with van der Waals surface area (Å²) in [6.45, 7) is 6.97. The fraction of sp³-hybridized carbons (Fsp3) is 0. The quantitative estimate of drug-likeness (QED) is 0.623. The predicted molar refractivity (Wildman–Crippen MR) is 75.3 cm³/mol. The molecule has 0 aliphatic heterocycles. The van der Waals surface area contributed by atoms with Gasteiger partial charge in [-0.1, -0.05) is 42.5 Å². The molecular weight excluding hydrogens is 234 g/mol. The smallest absolute Gasteiger partial charge is 0.187 e. The second-order valence-electron chi connectivity index (χ2n) is 4.12. The van der Waals surface area contributed by atoms with Crippen molar-refractivity contribution in [3.8, 4) is 17.1 Å². The van der Waals surface area contributed by atoms with Crippen molar-refractivity contribution in [2.45, 2.75) is 0 Å². The number of imidazole rings is 1. The number of hydrogen-bond acceptors (Lipinski definition) is 1. The van der Waals surface area contributed by atoms with Crippen molar-refractivity contribution < 1.29 is 0 Å². The summed E-state index contributed by atoms with van der Waals surface area (Å²) in [7, 11) is 0. The van der Waals surface area contributed by atoms with Gasteiger partial charge < -0.3 is 0 Å². The Balaban J connectivity index is 2.07. The number of rotatable bonds is 2. The fourth-order valence-corrected chi connectivity index (χ4v) is 2.00. The maximum absolute atomic E-state index is 6.97. The number of nitrogens with zero attached hydrogens (tertiary/aromatic N) is 3. The van der Waals surface area contributed by atoms with Crippen LogP contribution in [0.3, 0.4) is 0 Å². The molecule has 0 radical (unpaired) electrons. The minimum Gasteiger partial charge on any atom is -0.300 e. The highest BCUT2D eigenvalue weighted by atomic mass is 15.1. The van der Waals surface area contributed by atoms with E-state index >= 15 is 0 Å². The average Bonchev–Trinajstić information content (AvgIpc) is 2.98. The van der Waals surface area contributed by atoms with Gasteiger partial charge in [-0.3, -0.25) is 4.57 Å². The molecule has 3 heteroatoms. The summed E-state index contributed by atoms with van der Waals surface area (Å²) in [5, 5.41) is 0. The van der Waals surface area contributed by atoms with Gasteiger partial charge in [-0.05, 0) is 12.1 Å². The molecule has 0 aliphatic carbocycles. The molecule has 3 aromatic rings. The zero-order valence-corrected chi connectivity index (χ0v) is 10.2. The van der Waals surface area contributed by atoms with Crippen molar-refractivity contribution >= 4 is 5.69 Å². The van der Waals surface area contributed by atoms with E-state index in [2.05, 4.69) is 9.83 Å². The Morgan fingerprint density at radius 3 is 2.37 bits per heavy atom. The molecule has 0 N–H and O–H groups in total. The molecule has 3 rings (SSSR count). The van der Waals surface area contributed by atoms with Crippen molar-refractivity contribution in [1.29, 1.82) is 0 Å². The second kappa shape index (κ2) is 4.79. The van der Waals surface area contributed by atoms with Gasteiger partial charge in [0, 0.05) is 23.6 Å². The van der Waals surface area contributed by atoms with E-state index < -0.39 is 0 Å². The Morgan fingerprint density at radius 1 is 0.947 bits per heavy atom. The maximum Gasteiger partial charge on any atom is 0.187 e. The minimum atomic E-state index is 0.640. The van der Waals surface area contributed by atoms with Crippen LogP contribution in [-0.4, -0.2) is 9.55 Å². The molecule has 0 saturated carbocycles. The van der Waals surface area contributed by atoms with Gasteiger partial charge in [0.05, 0.1) is 6.57 Å². The number of hydrogen-bond donors (Lipinski definition) is 0. The van der Waals surface area contributed by atoms with Crippen LogP contribution in [0.5, 0.6) is 0 Å². The molecule has 0 bridgehead atoms. The Labute approximate surface area is 111 Å². The molecule has 0 saturated heterocycles. The lowest BCUT2D eigenvalue weighted by Gasteiger charge is -2.07. The van der Waals surface area contributed by atoms with Gasteiger partial charge in [-0.2, -0.15) is 0 Å². The van der Waals surface area contributed by atoms with Crippen molar-refractivity contribution in [2.24, 2.45) is 0 Å². The summed E-state index contributed by atoms with van der Waals surface area (Å²) in [4.78, 5) is 7.80. The molecule has 19 heavy (non-hydrogen) atoms. The lowest BCUT2D eigenvalue weighted by molar-refractivity contribution is 1.07. The number of para-hydroxylation sites is 1. The first kappa shape index (κ1) is 11.2. The maximum atomic E-state index is 6.97. The first-order valence-electron chi connectivity index (χ1n) is 5.95. The lowest BCUT2D eigenvalue weighted by Crippen LogP contribution is -1.95. The van der Waals surface area contributed by atoms with Crippen molar-refractivity contribution in [2.75, 3.05) is 0 Å². The molecule has 0 unspecified atom stereocenters. The molecule has 0 aliphatic rings. The Bertz CT molecular complexity index is 719. The molecule has 2 aromatic carbocycles. The van der Waals surface area contributed by atoms with Crippen LogP contribution in [0.4, 0.5) is 5.69 Å². The van der Waals surface area contributed by atoms with Crippen LogP contribution in [0.2, 0.25) is 0 Å². The SMILES string of the molecule is [C-]#[N+]c1ccc(-c2nccn2-c2ccccc2)cc1. The van der Waals surface area contributed by atoms with E-state index in [0.29, 0.717) is 5.69 Å². The molecule has 1 aromatic heterocycles. The highest BCUT2D eigenvalue weighted by Gasteiger charge is 2.07. The summed E-state index contributed by atoms with van der Waals surface area (Å²) >= 11 is 0. The average molecular weight is 245 g/mol. The molecule has 3 nitrogen and oxygen atoms in total. The molecule has 0 spiro atoms. The Kier molecular flexibility index (Phi) is 2.83. The molecule has 0 fully saturated rings. The lowest BCUT2D eigenvalue weighted by atomic mass is 10.2. The van der Waals surface area contributed by atoms with Gasteiger partial charge >= 0.3 is 0 Å². The van der Waals surface area contributed by atoms with Crippen LogP contribution >= 0.6 is 0 Å². The Morgan fingerprint density at radius 2 is 1.68 bits per heavy atom. The predicted octanol–water partition coefficient (Wildman–Crippen LogP) is 4.09. The van der Waals surface area contributed by atoms with Crippen molar-refractivity contribution in [3.63, 3.8) is 0 Å². The monoisotopic (exact) mass is 245 g/mol. The van der Waals surface area contributed by atoms with Gasteiger partial charge in [0.2, 0.25) is 0 Å². The third-order valence-electron chi connectivity index (χ3n) is 2.93. The minimum absolute atomic E-state index is 0.640. The van der Waals surface area contributed by atoms with E-state index in [-0.39, 0.29) is 0 Å². The van der Waals surface area contributed by atoms with Crippen LogP contribution in [0.1, 0.15) is 0 Å². The molecular formula is C16H11N3. The molecule has 90 valence electrons.